The van der Waals surface area contributed by atoms with E-state index in [1.54, 1.807) is 0 Å². The van der Waals surface area contributed by atoms with Crippen molar-refractivity contribution in [2.45, 2.75) is 233 Å². The number of esters is 2. The second-order valence-electron chi connectivity index (χ2n) is 13.1. The molecule has 0 rings (SSSR count). The Morgan fingerprint density at radius 2 is 0.511 bits per heavy atom. The van der Waals surface area contributed by atoms with Crippen LogP contribution in [0.2, 0.25) is 0 Å². The van der Waals surface area contributed by atoms with Crippen LogP contribution in [0.1, 0.15) is 233 Å². The van der Waals surface area contributed by atoms with Crippen LogP contribution in [0, 0.1) is 0 Å². The van der Waals surface area contributed by atoms with E-state index in [0.717, 1.165) is 25.7 Å². The average Bonchev–Trinajstić information content (AvgIpc) is 3.02. The molecule has 0 spiro atoms. The predicted octanol–water partition coefficient (Wildman–Crippen LogP) is 13.2. The van der Waals surface area contributed by atoms with Gasteiger partial charge in [-0.05, 0) is 25.7 Å². The Morgan fingerprint density at radius 3 is 0.756 bits per heavy atom. The maximum Gasteiger partial charge on any atom is 0.305 e. The predicted molar refractivity (Wildman–Crippen MR) is 198 cm³/mol. The summed E-state index contributed by atoms with van der Waals surface area (Å²) in [7, 11) is 0. The molecule has 0 fully saturated rings. The molecule has 0 aliphatic rings. The van der Waals surface area contributed by atoms with Gasteiger partial charge in [-0.1, -0.05) is 195 Å². The molecule has 0 aromatic carbocycles. The first-order valence-electron chi connectivity index (χ1n) is 19.9. The summed E-state index contributed by atoms with van der Waals surface area (Å²) in [6.07, 6.45) is 39.4. The van der Waals surface area contributed by atoms with Crippen molar-refractivity contribution in [3.8, 4) is 0 Å². The minimum Gasteiger partial charge on any atom is -0.466 e. The normalized spacial score (nSPS) is 10.6. The quantitative estimate of drug-likeness (QED) is 0.0374. The van der Waals surface area contributed by atoms with E-state index in [9.17, 15) is 9.59 Å². The van der Waals surface area contributed by atoms with Crippen molar-refractivity contribution in [1.29, 1.82) is 0 Å². The van der Waals surface area contributed by atoms with E-state index in [1.807, 2.05) is 0 Å². The Kier molecular flexibility index (Phi) is 50.1. The van der Waals surface area contributed by atoms with Crippen LogP contribution in [0.5, 0.6) is 0 Å². The van der Waals surface area contributed by atoms with Gasteiger partial charge in [0.2, 0.25) is 0 Å². The third-order valence-corrected chi connectivity index (χ3v) is 8.49. The maximum atomic E-state index is 11.6. The van der Waals surface area contributed by atoms with E-state index < -0.39 is 0 Å². The number of ether oxygens (including phenoxy) is 2. The third-order valence-electron chi connectivity index (χ3n) is 8.49. The smallest absolute Gasteiger partial charge is 0.305 e. The number of rotatable bonds is 34. The molecule has 0 amide bonds. The van der Waals surface area contributed by atoms with E-state index in [1.165, 1.54) is 167 Å². The molecular weight excluding hydrogens is 663 g/mol. The Balaban J connectivity index is -0.000000767. The standard InChI is InChI=1S/2C20H40O2.Sn/c2*1-3-5-7-9-11-12-13-14-16-18-20(21)22-19-17-15-10-8-6-4-2;/h2*3-19H2,1-2H3;. The summed E-state index contributed by atoms with van der Waals surface area (Å²) < 4.78 is 10.6. The number of hydrogen-bond donors (Lipinski definition) is 0. The largest absolute Gasteiger partial charge is 0.466 e. The molecule has 0 saturated heterocycles. The fraction of sp³-hybridized carbons (Fsp3) is 0.950. The molecule has 0 unspecified atom stereocenters. The Bertz CT molecular complexity index is 506. The van der Waals surface area contributed by atoms with Gasteiger partial charge in [0.05, 0.1) is 13.2 Å². The molecule has 0 aliphatic carbocycles. The molecule has 0 saturated carbocycles. The summed E-state index contributed by atoms with van der Waals surface area (Å²) in [5, 5.41) is 0. The molecule has 0 aromatic heterocycles. The van der Waals surface area contributed by atoms with Crippen molar-refractivity contribution < 1.29 is 19.1 Å². The second-order valence-corrected chi connectivity index (χ2v) is 13.1. The van der Waals surface area contributed by atoms with Gasteiger partial charge in [-0.2, -0.15) is 0 Å². The van der Waals surface area contributed by atoms with Crippen molar-refractivity contribution in [3.05, 3.63) is 0 Å². The van der Waals surface area contributed by atoms with Gasteiger partial charge in [-0.15, -0.1) is 0 Å². The van der Waals surface area contributed by atoms with Crippen LogP contribution in [0.15, 0.2) is 0 Å². The molecule has 45 heavy (non-hydrogen) atoms. The molecule has 4 radical (unpaired) electrons. The van der Waals surface area contributed by atoms with Gasteiger partial charge in [0.15, 0.2) is 0 Å². The topological polar surface area (TPSA) is 52.6 Å². The van der Waals surface area contributed by atoms with Crippen LogP contribution < -0.4 is 0 Å². The summed E-state index contributed by atoms with van der Waals surface area (Å²) in [6.45, 7) is 10.2. The average molecular weight is 744 g/mol. The van der Waals surface area contributed by atoms with Crippen LogP contribution in [-0.2, 0) is 19.1 Å². The molecule has 0 aliphatic heterocycles. The monoisotopic (exact) mass is 745 g/mol. The van der Waals surface area contributed by atoms with Gasteiger partial charge in [-0.3, -0.25) is 9.59 Å². The second kappa shape index (κ2) is 45.9. The zero-order chi connectivity index (χ0) is 32.6. The van der Waals surface area contributed by atoms with Crippen molar-refractivity contribution >= 4 is 35.8 Å². The van der Waals surface area contributed by atoms with E-state index >= 15 is 0 Å². The fourth-order valence-electron chi connectivity index (χ4n) is 5.44. The van der Waals surface area contributed by atoms with Gasteiger partial charge in [0.25, 0.3) is 0 Å². The number of unbranched alkanes of at least 4 members (excludes halogenated alkanes) is 26. The Morgan fingerprint density at radius 1 is 0.311 bits per heavy atom. The van der Waals surface area contributed by atoms with Crippen LogP contribution in [0.3, 0.4) is 0 Å². The van der Waals surface area contributed by atoms with Gasteiger partial charge in [-0.25, -0.2) is 0 Å². The molecule has 0 atom stereocenters. The first-order valence-corrected chi connectivity index (χ1v) is 19.9. The summed E-state index contributed by atoms with van der Waals surface area (Å²) in [6, 6.07) is 0. The number of carbonyl (C=O) groups is 2. The van der Waals surface area contributed by atoms with Gasteiger partial charge < -0.3 is 9.47 Å². The van der Waals surface area contributed by atoms with Gasteiger partial charge >= 0.3 is 11.9 Å². The summed E-state index contributed by atoms with van der Waals surface area (Å²) >= 11 is 0. The first kappa shape index (κ1) is 49.1. The van der Waals surface area contributed by atoms with E-state index in [4.69, 9.17) is 9.47 Å². The Labute approximate surface area is 300 Å². The summed E-state index contributed by atoms with van der Waals surface area (Å²) in [5.74, 6) is 0.0213. The maximum absolute atomic E-state index is 11.6. The van der Waals surface area contributed by atoms with Crippen molar-refractivity contribution in [1.82, 2.24) is 0 Å². The molecule has 0 bridgehead atoms. The van der Waals surface area contributed by atoms with Crippen LogP contribution >= 0.6 is 0 Å². The Hall–Kier alpha value is -0.261. The minimum atomic E-state index is 0. The fourth-order valence-corrected chi connectivity index (χ4v) is 5.44. The van der Waals surface area contributed by atoms with Crippen molar-refractivity contribution in [2.75, 3.05) is 13.2 Å². The van der Waals surface area contributed by atoms with Crippen molar-refractivity contribution in [3.63, 3.8) is 0 Å². The summed E-state index contributed by atoms with van der Waals surface area (Å²) in [4.78, 5) is 23.1. The molecule has 5 heteroatoms. The molecular formula is C40H80O4Sn. The van der Waals surface area contributed by atoms with E-state index in [2.05, 4.69) is 27.7 Å². The minimum absolute atomic E-state index is 0. The zero-order valence-corrected chi connectivity index (χ0v) is 34.0. The first-order chi connectivity index (χ1) is 21.6. The van der Waals surface area contributed by atoms with E-state index in [-0.39, 0.29) is 35.8 Å². The van der Waals surface area contributed by atoms with Crippen LogP contribution in [0.25, 0.3) is 0 Å². The van der Waals surface area contributed by atoms with Crippen LogP contribution in [0.4, 0.5) is 0 Å². The van der Waals surface area contributed by atoms with E-state index in [0.29, 0.717) is 26.1 Å². The zero-order valence-electron chi connectivity index (χ0n) is 31.2. The summed E-state index contributed by atoms with van der Waals surface area (Å²) in [5.41, 5.74) is 0. The number of carbonyl (C=O) groups excluding carboxylic acids is 2. The number of hydrogen-bond acceptors (Lipinski definition) is 4. The van der Waals surface area contributed by atoms with Gasteiger partial charge in [0, 0.05) is 36.7 Å². The third kappa shape index (κ3) is 48.3. The molecule has 0 aromatic rings. The molecule has 4 nitrogen and oxygen atoms in total. The van der Waals surface area contributed by atoms with Gasteiger partial charge in [0.1, 0.15) is 0 Å². The molecule has 0 heterocycles. The van der Waals surface area contributed by atoms with Crippen molar-refractivity contribution in [2.24, 2.45) is 0 Å². The SMILES string of the molecule is CCCCCCCCCCCC(=O)OCCCCCCCC.CCCCCCCCCCCC(=O)OCCCCCCCC.[Sn]. The van der Waals surface area contributed by atoms with Crippen LogP contribution in [-0.4, -0.2) is 49.1 Å². The molecule has 0 N–H and O–H groups in total. The molecule has 268 valence electrons.